The van der Waals surface area contributed by atoms with E-state index in [1.54, 1.807) is 23.5 Å². The van der Waals surface area contributed by atoms with Crippen LogP contribution in [0.3, 0.4) is 0 Å². The van der Waals surface area contributed by atoms with Crippen LogP contribution in [-0.2, 0) is 20.8 Å². The molecule has 1 aliphatic heterocycles. The average Bonchev–Trinajstić information content (AvgIpc) is 3.31. The summed E-state index contributed by atoms with van der Waals surface area (Å²) in [6, 6.07) is 6.07. The lowest BCUT2D eigenvalue weighted by atomic mass is 9.92. The van der Waals surface area contributed by atoms with Gasteiger partial charge in [-0.05, 0) is 84.2 Å². The maximum absolute atomic E-state index is 13.4. The Morgan fingerprint density at radius 3 is 2.66 bits per heavy atom. The van der Waals surface area contributed by atoms with E-state index >= 15 is 0 Å². The number of halogens is 1. The largest absolute Gasteiger partial charge is 0.496 e. The number of carboxylic acid groups (broad SMARTS) is 1. The van der Waals surface area contributed by atoms with E-state index < -0.39 is 29.4 Å². The van der Waals surface area contributed by atoms with Gasteiger partial charge >= 0.3 is 17.8 Å². The molecule has 7 nitrogen and oxygen atoms in total. The summed E-state index contributed by atoms with van der Waals surface area (Å²) in [5, 5.41) is 12.0. The van der Waals surface area contributed by atoms with Gasteiger partial charge < -0.3 is 19.6 Å². The molecule has 35 heavy (non-hydrogen) atoms. The number of ether oxygens (including phenoxy) is 1. The van der Waals surface area contributed by atoms with Crippen molar-refractivity contribution in [2.45, 2.75) is 51.6 Å². The van der Waals surface area contributed by atoms with Crippen LogP contribution in [0.2, 0.25) is 0 Å². The second kappa shape index (κ2) is 11.3. The molecule has 0 saturated carbocycles. The predicted molar refractivity (Wildman–Crippen MR) is 138 cm³/mol. The molecule has 0 saturated heterocycles. The summed E-state index contributed by atoms with van der Waals surface area (Å²) in [6.45, 7) is 6.05. The maximum Gasteiger partial charge on any atom is 0.331 e. The first-order chi connectivity index (χ1) is 16.5. The Hall–Kier alpha value is -2.83. The minimum atomic E-state index is -1.25. The van der Waals surface area contributed by atoms with Crippen molar-refractivity contribution in [3.63, 3.8) is 0 Å². The Kier molecular flexibility index (Phi) is 8.62. The third-order valence-electron chi connectivity index (χ3n) is 5.79. The normalized spacial score (nSPS) is 15.0. The van der Waals surface area contributed by atoms with Gasteiger partial charge in [-0.25, -0.2) is 4.79 Å². The molecule has 2 aromatic rings. The summed E-state index contributed by atoms with van der Waals surface area (Å²) in [7, 11) is 1.54. The van der Waals surface area contributed by atoms with Gasteiger partial charge in [0.1, 0.15) is 5.75 Å². The Balaban J connectivity index is 1.78. The molecule has 0 aliphatic carbocycles. The third kappa shape index (κ3) is 6.24. The molecular formula is C26H29BrN2O5S. The number of amides is 2. The fourth-order valence-electron chi connectivity index (χ4n) is 4.07. The number of thiophene rings is 1. The highest BCUT2D eigenvalue weighted by molar-refractivity contribution is 9.10. The number of nitrogens with zero attached hydrogens (tertiary/aromatic N) is 2. The van der Waals surface area contributed by atoms with Crippen molar-refractivity contribution in [1.82, 2.24) is 9.80 Å². The van der Waals surface area contributed by atoms with Crippen LogP contribution in [0.1, 0.15) is 55.7 Å². The van der Waals surface area contributed by atoms with Crippen molar-refractivity contribution in [3.8, 4) is 17.6 Å². The molecule has 2 heterocycles. The number of aliphatic carboxylic acids is 1. The van der Waals surface area contributed by atoms with Crippen LogP contribution in [0.15, 0.2) is 34.1 Å². The van der Waals surface area contributed by atoms with Crippen molar-refractivity contribution in [2.24, 2.45) is 0 Å². The molecule has 0 bridgehead atoms. The Bertz CT molecular complexity index is 1160. The number of benzene rings is 1. The van der Waals surface area contributed by atoms with Gasteiger partial charge in [0.15, 0.2) is 6.04 Å². The number of carbonyl (C=O) groups is 3. The van der Waals surface area contributed by atoms with E-state index in [1.807, 2.05) is 38.3 Å². The van der Waals surface area contributed by atoms with E-state index in [4.69, 9.17) is 4.74 Å². The summed E-state index contributed by atoms with van der Waals surface area (Å²) in [6.07, 6.45) is 1.61. The second-order valence-electron chi connectivity index (χ2n) is 9.19. The quantitative estimate of drug-likeness (QED) is 0.330. The minimum absolute atomic E-state index is 0.129. The lowest BCUT2D eigenvalue weighted by Crippen LogP contribution is -2.55. The molecule has 1 N–H and O–H groups in total. The first kappa shape index (κ1) is 26.8. The number of carboxylic acids is 1. The first-order valence-electron chi connectivity index (χ1n) is 11.3. The highest BCUT2D eigenvalue weighted by Crippen LogP contribution is 2.37. The van der Waals surface area contributed by atoms with Gasteiger partial charge in [0, 0.05) is 25.0 Å². The van der Waals surface area contributed by atoms with Gasteiger partial charge in [-0.15, -0.1) is 11.3 Å². The summed E-state index contributed by atoms with van der Waals surface area (Å²) >= 11 is 4.96. The topological polar surface area (TPSA) is 87.1 Å². The lowest BCUT2D eigenvalue weighted by molar-refractivity contribution is -0.160. The molecule has 1 aromatic carbocycles. The van der Waals surface area contributed by atoms with Crippen molar-refractivity contribution in [3.05, 3.63) is 50.1 Å². The summed E-state index contributed by atoms with van der Waals surface area (Å²) < 4.78 is 5.91. The monoisotopic (exact) mass is 560 g/mol. The Morgan fingerprint density at radius 1 is 1.31 bits per heavy atom. The summed E-state index contributed by atoms with van der Waals surface area (Å²) in [5.41, 5.74) is 0.645. The van der Waals surface area contributed by atoms with Crippen LogP contribution < -0.4 is 4.74 Å². The molecule has 0 spiro atoms. The molecule has 1 aromatic heterocycles. The standard InChI is InChI=1S/C26H29BrN2O5S/c1-26(2,3)29(12-7-5-6-9-18-10-8-14-35-18)24(31)23(30)28-13-11-17-15-21(34-4)20(27)16-19(17)22(28)25(32)33/h8,10,14-16,22H,5,7,11-13H2,1-4H3,(H,32,33). The van der Waals surface area contributed by atoms with Crippen molar-refractivity contribution < 1.29 is 24.2 Å². The zero-order valence-corrected chi connectivity index (χ0v) is 22.7. The van der Waals surface area contributed by atoms with Crippen LogP contribution >= 0.6 is 27.3 Å². The van der Waals surface area contributed by atoms with E-state index in [9.17, 15) is 19.5 Å². The number of methoxy groups -OCH3 is 1. The fraction of sp³-hybridized carbons (Fsp3) is 0.423. The number of rotatable bonds is 5. The second-order valence-corrected chi connectivity index (χ2v) is 11.0. The molecule has 0 fully saturated rings. The molecule has 1 unspecified atom stereocenters. The SMILES string of the molecule is COc1cc2c(cc1Br)C(C(=O)O)N(C(=O)C(=O)N(CCCC#Cc1cccs1)C(C)(C)C)CC2. The van der Waals surface area contributed by atoms with E-state index in [1.165, 1.54) is 16.9 Å². The molecule has 1 atom stereocenters. The molecule has 186 valence electrons. The van der Waals surface area contributed by atoms with Crippen molar-refractivity contribution in [2.75, 3.05) is 20.2 Å². The molecule has 3 rings (SSSR count). The van der Waals surface area contributed by atoms with Crippen LogP contribution in [0, 0.1) is 11.8 Å². The smallest absolute Gasteiger partial charge is 0.331 e. The molecule has 2 amide bonds. The highest BCUT2D eigenvalue weighted by Gasteiger charge is 2.41. The summed E-state index contributed by atoms with van der Waals surface area (Å²) in [4.78, 5) is 42.7. The van der Waals surface area contributed by atoms with Gasteiger partial charge in [-0.1, -0.05) is 17.9 Å². The van der Waals surface area contributed by atoms with Gasteiger partial charge in [-0.2, -0.15) is 0 Å². The molecule has 1 aliphatic rings. The number of hydrogen-bond donors (Lipinski definition) is 1. The maximum atomic E-state index is 13.4. The average molecular weight is 561 g/mol. The molecule has 0 radical (unpaired) electrons. The lowest BCUT2D eigenvalue weighted by Gasteiger charge is -2.39. The van der Waals surface area contributed by atoms with Gasteiger partial charge in [0.25, 0.3) is 0 Å². The first-order valence-corrected chi connectivity index (χ1v) is 13.0. The highest BCUT2D eigenvalue weighted by atomic mass is 79.9. The van der Waals surface area contributed by atoms with E-state index in [-0.39, 0.29) is 6.54 Å². The number of hydrogen-bond acceptors (Lipinski definition) is 5. The van der Waals surface area contributed by atoms with Crippen molar-refractivity contribution in [1.29, 1.82) is 0 Å². The van der Waals surface area contributed by atoms with Gasteiger partial charge in [0.05, 0.1) is 16.5 Å². The number of unbranched alkanes of at least 4 members (excludes halogenated alkanes) is 1. The molecule has 9 heteroatoms. The van der Waals surface area contributed by atoms with Crippen LogP contribution in [0.5, 0.6) is 5.75 Å². The van der Waals surface area contributed by atoms with Gasteiger partial charge in [-0.3, -0.25) is 9.59 Å². The number of carbonyl (C=O) groups excluding carboxylic acids is 2. The third-order valence-corrected chi connectivity index (χ3v) is 7.20. The number of fused-ring (bicyclic) bond motifs is 1. The van der Waals surface area contributed by atoms with Gasteiger partial charge in [0.2, 0.25) is 0 Å². The van der Waals surface area contributed by atoms with E-state index in [2.05, 4.69) is 27.8 Å². The summed E-state index contributed by atoms with van der Waals surface area (Å²) in [5.74, 6) is 4.09. The predicted octanol–water partition coefficient (Wildman–Crippen LogP) is 4.49. The Labute approximate surface area is 218 Å². The fourth-order valence-corrected chi connectivity index (χ4v) is 5.18. The zero-order valence-electron chi connectivity index (χ0n) is 20.3. The molecular weight excluding hydrogens is 532 g/mol. The minimum Gasteiger partial charge on any atom is -0.496 e. The Morgan fingerprint density at radius 2 is 2.06 bits per heavy atom. The van der Waals surface area contributed by atoms with Crippen molar-refractivity contribution >= 4 is 45.1 Å². The van der Waals surface area contributed by atoms with Crippen LogP contribution in [-0.4, -0.2) is 58.4 Å². The van der Waals surface area contributed by atoms with Crippen LogP contribution in [0.4, 0.5) is 0 Å². The van der Waals surface area contributed by atoms with E-state index in [0.717, 1.165) is 10.4 Å². The van der Waals surface area contributed by atoms with E-state index in [0.29, 0.717) is 41.6 Å². The van der Waals surface area contributed by atoms with Crippen LogP contribution in [0.25, 0.3) is 0 Å². The zero-order chi connectivity index (χ0) is 25.8.